The summed E-state index contributed by atoms with van der Waals surface area (Å²) in [6, 6.07) is 31.1. The van der Waals surface area contributed by atoms with E-state index in [4.69, 9.17) is 9.47 Å². The van der Waals surface area contributed by atoms with Crippen LogP contribution in [0.4, 0.5) is 0 Å². The van der Waals surface area contributed by atoms with Gasteiger partial charge in [0.15, 0.2) is 0 Å². The van der Waals surface area contributed by atoms with Crippen molar-refractivity contribution in [2.45, 2.75) is 199 Å². The van der Waals surface area contributed by atoms with Gasteiger partial charge in [0, 0.05) is 39.8 Å². The molecule has 0 aliphatic heterocycles. The molecule has 0 spiro atoms. The van der Waals surface area contributed by atoms with Crippen LogP contribution >= 0.6 is 0 Å². The second kappa shape index (κ2) is 21.4. The highest BCUT2D eigenvalue weighted by Crippen LogP contribution is 2.51. The predicted molar refractivity (Wildman–Crippen MR) is 301 cm³/mol. The third-order valence-corrected chi connectivity index (χ3v) is 18.7. The van der Waals surface area contributed by atoms with E-state index in [0.717, 1.165) is 139 Å². The Kier molecular flexibility index (Phi) is 14.2. The Morgan fingerprint density at radius 1 is 0.384 bits per heavy atom. The summed E-state index contributed by atoms with van der Waals surface area (Å²) in [4.78, 5) is 0. The Morgan fingerprint density at radius 2 is 0.712 bits per heavy atom. The van der Waals surface area contributed by atoms with Gasteiger partial charge in [-0.2, -0.15) is 0 Å². The van der Waals surface area contributed by atoms with Crippen molar-refractivity contribution in [3.05, 3.63) is 141 Å². The molecule has 6 aromatic carbocycles. The topological polar surface area (TPSA) is 58.9 Å². The summed E-state index contributed by atoms with van der Waals surface area (Å²) < 4.78 is 15.2. The van der Waals surface area contributed by atoms with Gasteiger partial charge in [0.2, 0.25) is 0 Å². The van der Waals surface area contributed by atoms with Crippen molar-refractivity contribution < 1.29 is 19.7 Å². The normalized spacial score (nSPS) is 19.0. The lowest BCUT2D eigenvalue weighted by molar-refractivity contribution is 0.0256. The molecule has 4 nitrogen and oxygen atoms in total. The van der Waals surface area contributed by atoms with Crippen LogP contribution in [0, 0.1) is 25.7 Å². The van der Waals surface area contributed by atoms with Gasteiger partial charge in [-0.1, -0.05) is 87.1 Å². The van der Waals surface area contributed by atoms with Crippen LogP contribution in [-0.4, -0.2) is 22.4 Å². The van der Waals surface area contributed by atoms with Crippen molar-refractivity contribution in [2.75, 3.05) is 0 Å². The molecule has 4 heteroatoms. The fraction of sp³-hybridized carbons (Fsp3) is 0.478. The summed E-state index contributed by atoms with van der Waals surface area (Å²) in [5, 5.41) is 25.5. The number of ether oxygens (including phenoxy) is 2. The number of aryl methyl sites for hydroxylation is 6. The van der Waals surface area contributed by atoms with Gasteiger partial charge in [0.25, 0.3) is 0 Å². The summed E-state index contributed by atoms with van der Waals surface area (Å²) in [6.45, 7) is 4.40. The van der Waals surface area contributed by atoms with Crippen LogP contribution in [-0.2, 0) is 51.4 Å². The van der Waals surface area contributed by atoms with Crippen LogP contribution in [0.25, 0.3) is 44.5 Å². The Hall–Kier alpha value is -5.48. The average Bonchev–Trinajstić information content (AvgIpc) is 3.43. The minimum Gasteiger partial charge on any atom is -0.507 e. The molecule has 0 amide bonds. The van der Waals surface area contributed by atoms with Crippen LogP contribution in [0.1, 0.15) is 178 Å². The van der Waals surface area contributed by atoms with E-state index in [1.165, 1.54) is 146 Å². The Labute approximate surface area is 437 Å². The van der Waals surface area contributed by atoms with Gasteiger partial charge in [-0.25, -0.2) is 0 Å². The van der Waals surface area contributed by atoms with E-state index in [1.807, 2.05) is 0 Å². The number of para-hydroxylation sites is 2. The zero-order valence-electron chi connectivity index (χ0n) is 44.2. The number of hydrogen-bond acceptors (Lipinski definition) is 4. The van der Waals surface area contributed by atoms with Crippen molar-refractivity contribution in [3.8, 4) is 67.5 Å². The van der Waals surface area contributed by atoms with Crippen molar-refractivity contribution in [1.82, 2.24) is 0 Å². The van der Waals surface area contributed by atoms with E-state index < -0.39 is 0 Å². The van der Waals surface area contributed by atoms with E-state index in [2.05, 4.69) is 98.8 Å². The summed E-state index contributed by atoms with van der Waals surface area (Å²) in [7, 11) is 0. The molecule has 0 unspecified atom stereocenters. The monoisotopic (exact) mass is 973 g/mol. The maximum absolute atomic E-state index is 12.8. The fourth-order valence-corrected chi connectivity index (χ4v) is 15.1. The SMILES string of the molecule is Cc1cc(-c2ccccc2O[C@H](C[C@@H](Oc2ccccc2-c2cc(C)cc(-c3c4c(cc5c3CCCC5)CCCC4)c2O)C2CCCCC2)C2CCCCC2)c(O)c(-c2c3c(cc4c2CCCC4)CCCC3)c1. The number of rotatable bonds is 12. The van der Waals surface area contributed by atoms with Crippen LogP contribution in [0.15, 0.2) is 84.9 Å². The highest BCUT2D eigenvalue weighted by atomic mass is 16.5. The number of fused-ring (bicyclic) bond motifs is 4. The van der Waals surface area contributed by atoms with Gasteiger partial charge in [-0.15, -0.1) is 0 Å². The standard InChI is InChI=1S/C69H80O4/c1-44-37-58(68(70)60(39-44)66-52-29-13-9-25-48(52)41-49-26-10-14-30-53(49)66)56-33-17-19-35-62(56)72-64(46-21-5-3-6-22-46)43-65(47-23-7-4-8-24-47)73-63-36-20-18-34-57(63)59-38-45(2)40-61(69(59)71)67-54-31-15-11-27-50(54)42-51-28-12-16-32-55(51)67/h17-20,33-42,46-47,64-65,70-71H,3-16,21-32,43H2,1-2H3/t64-,65-/m1/s1. The van der Waals surface area contributed by atoms with Crippen LogP contribution in [0.2, 0.25) is 0 Å². The number of phenolic OH excluding ortho intramolecular Hbond substituents is 2. The molecule has 0 bridgehead atoms. The summed E-state index contributed by atoms with van der Waals surface area (Å²) >= 11 is 0. The minimum atomic E-state index is -0.0606. The molecule has 73 heavy (non-hydrogen) atoms. The first kappa shape index (κ1) is 48.5. The molecule has 6 aliphatic rings. The Bertz CT molecular complexity index is 2710. The van der Waals surface area contributed by atoms with E-state index >= 15 is 0 Å². The molecule has 380 valence electrons. The molecule has 6 aromatic rings. The van der Waals surface area contributed by atoms with E-state index in [-0.39, 0.29) is 12.2 Å². The summed E-state index contributed by atoms with van der Waals surface area (Å²) in [5.74, 6) is 3.29. The smallest absolute Gasteiger partial charge is 0.131 e. The molecule has 2 fully saturated rings. The maximum Gasteiger partial charge on any atom is 0.131 e. The van der Waals surface area contributed by atoms with E-state index in [0.29, 0.717) is 23.3 Å². The van der Waals surface area contributed by atoms with Crippen molar-refractivity contribution in [3.63, 3.8) is 0 Å². The molecule has 2 atom stereocenters. The third-order valence-electron chi connectivity index (χ3n) is 18.7. The molecule has 2 N–H and O–H groups in total. The van der Waals surface area contributed by atoms with Gasteiger partial charge in [0.05, 0.1) is 0 Å². The first-order valence-electron chi connectivity index (χ1n) is 29.4. The highest BCUT2D eigenvalue weighted by molar-refractivity contribution is 5.90. The molecule has 0 radical (unpaired) electrons. The highest BCUT2D eigenvalue weighted by Gasteiger charge is 2.36. The molecule has 0 heterocycles. The minimum absolute atomic E-state index is 0.0606. The number of aromatic hydroxyl groups is 2. The molecule has 0 saturated heterocycles. The van der Waals surface area contributed by atoms with E-state index in [9.17, 15) is 10.2 Å². The van der Waals surface area contributed by atoms with Crippen molar-refractivity contribution >= 4 is 0 Å². The van der Waals surface area contributed by atoms with E-state index in [1.54, 1.807) is 0 Å². The molecule has 2 saturated carbocycles. The Morgan fingerprint density at radius 3 is 1.08 bits per heavy atom. The van der Waals surface area contributed by atoms with Gasteiger partial charge in [-0.3, -0.25) is 0 Å². The van der Waals surface area contributed by atoms with Gasteiger partial charge < -0.3 is 19.7 Å². The zero-order chi connectivity index (χ0) is 49.4. The molecular formula is C69H80O4. The fourth-order valence-electron chi connectivity index (χ4n) is 15.1. The van der Waals surface area contributed by atoms with Crippen molar-refractivity contribution in [1.29, 1.82) is 0 Å². The predicted octanol–water partition coefficient (Wildman–Crippen LogP) is 17.6. The zero-order valence-corrected chi connectivity index (χ0v) is 44.2. The quantitative estimate of drug-likeness (QED) is 0.128. The number of phenols is 2. The maximum atomic E-state index is 12.8. The van der Waals surface area contributed by atoms with Crippen molar-refractivity contribution in [2.24, 2.45) is 11.8 Å². The van der Waals surface area contributed by atoms with Crippen LogP contribution in [0.5, 0.6) is 23.0 Å². The third kappa shape index (κ3) is 9.75. The summed E-state index contributed by atoms with van der Waals surface area (Å²) in [5.41, 5.74) is 22.6. The molecular weight excluding hydrogens is 893 g/mol. The van der Waals surface area contributed by atoms with Gasteiger partial charge >= 0.3 is 0 Å². The summed E-state index contributed by atoms with van der Waals surface area (Å²) in [6.07, 6.45) is 31.4. The first-order valence-corrected chi connectivity index (χ1v) is 29.4. The lowest BCUT2D eigenvalue weighted by Crippen LogP contribution is -2.38. The lowest BCUT2D eigenvalue weighted by atomic mass is 9.76. The second-order valence-electron chi connectivity index (χ2n) is 23.6. The van der Waals surface area contributed by atoms with Crippen LogP contribution in [0.3, 0.4) is 0 Å². The molecule has 6 aliphatic carbocycles. The van der Waals surface area contributed by atoms with Gasteiger partial charge in [-0.05, 0) is 257 Å². The Balaban J connectivity index is 0.911. The number of benzene rings is 6. The largest absolute Gasteiger partial charge is 0.507 e. The average molecular weight is 973 g/mol. The van der Waals surface area contributed by atoms with Crippen LogP contribution < -0.4 is 9.47 Å². The molecule has 12 rings (SSSR count). The first-order chi connectivity index (χ1) is 35.9. The lowest BCUT2D eigenvalue weighted by Gasteiger charge is -2.37. The molecule has 0 aromatic heterocycles. The number of hydrogen-bond donors (Lipinski definition) is 2. The van der Waals surface area contributed by atoms with Gasteiger partial charge in [0.1, 0.15) is 35.2 Å². The second-order valence-corrected chi connectivity index (χ2v) is 23.6.